The summed E-state index contributed by atoms with van der Waals surface area (Å²) in [5.74, 6) is -0.155. The summed E-state index contributed by atoms with van der Waals surface area (Å²) in [7, 11) is 0. The Kier molecular flexibility index (Phi) is 1.66. The van der Waals surface area contributed by atoms with E-state index in [9.17, 15) is 4.79 Å². The fourth-order valence-corrected chi connectivity index (χ4v) is 0.715. The SMILES string of the molecule is CC1(C(=O)OCCl)CC1. The number of hydrogen-bond acceptors (Lipinski definition) is 2. The van der Waals surface area contributed by atoms with Crippen LogP contribution < -0.4 is 0 Å². The van der Waals surface area contributed by atoms with Gasteiger partial charge in [-0.15, -0.1) is 0 Å². The highest BCUT2D eigenvalue weighted by Gasteiger charge is 2.46. The Morgan fingerprint density at radius 2 is 2.33 bits per heavy atom. The third kappa shape index (κ3) is 1.36. The third-order valence-corrected chi connectivity index (χ3v) is 1.79. The van der Waals surface area contributed by atoms with E-state index in [2.05, 4.69) is 4.74 Å². The lowest BCUT2D eigenvalue weighted by Crippen LogP contribution is -2.14. The molecule has 1 fully saturated rings. The maximum absolute atomic E-state index is 10.8. The molecule has 1 aliphatic rings. The van der Waals surface area contributed by atoms with Gasteiger partial charge in [-0.1, -0.05) is 11.6 Å². The minimum Gasteiger partial charge on any atom is -0.449 e. The van der Waals surface area contributed by atoms with Crippen molar-refractivity contribution in [3.8, 4) is 0 Å². The zero-order valence-electron chi connectivity index (χ0n) is 5.32. The van der Waals surface area contributed by atoms with Gasteiger partial charge in [-0.3, -0.25) is 4.79 Å². The van der Waals surface area contributed by atoms with Crippen molar-refractivity contribution in [1.29, 1.82) is 0 Å². The molecule has 0 aromatic heterocycles. The normalized spacial score (nSPS) is 21.1. The van der Waals surface area contributed by atoms with Crippen LogP contribution in [0.4, 0.5) is 0 Å². The van der Waals surface area contributed by atoms with Crippen LogP contribution in [0.25, 0.3) is 0 Å². The van der Waals surface area contributed by atoms with Crippen molar-refractivity contribution in [2.75, 3.05) is 6.07 Å². The number of rotatable bonds is 2. The summed E-state index contributed by atoms with van der Waals surface area (Å²) < 4.78 is 4.60. The Balaban J connectivity index is 2.34. The van der Waals surface area contributed by atoms with Gasteiger partial charge in [-0.05, 0) is 19.8 Å². The lowest BCUT2D eigenvalue weighted by molar-refractivity contribution is -0.147. The molecule has 0 spiro atoms. The summed E-state index contributed by atoms with van der Waals surface area (Å²) in [6, 6.07) is -0.0194. The Morgan fingerprint density at radius 1 is 1.78 bits per heavy atom. The molecule has 1 rings (SSSR count). The van der Waals surface area contributed by atoms with Gasteiger partial charge >= 0.3 is 5.97 Å². The van der Waals surface area contributed by atoms with Crippen molar-refractivity contribution in [3.05, 3.63) is 0 Å². The maximum Gasteiger partial charge on any atom is 0.312 e. The van der Waals surface area contributed by atoms with Gasteiger partial charge in [0, 0.05) is 0 Å². The monoisotopic (exact) mass is 148 g/mol. The van der Waals surface area contributed by atoms with E-state index >= 15 is 0 Å². The molecular weight excluding hydrogens is 140 g/mol. The second-order valence-electron chi connectivity index (χ2n) is 2.60. The zero-order chi connectivity index (χ0) is 6.91. The first kappa shape index (κ1) is 6.87. The van der Waals surface area contributed by atoms with Crippen molar-refractivity contribution < 1.29 is 9.53 Å². The van der Waals surface area contributed by atoms with Gasteiger partial charge in [-0.2, -0.15) is 0 Å². The molecular formula is C6H9ClO2. The molecule has 0 aliphatic heterocycles. The highest BCUT2D eigenvalue weighted by atomic mass is 35.5. The standard InChI is InChI=1S/C6H9ClO2/c1-6(2-3-6)5(8)9-4-7/h2-4H2,1H3. The molecule has 1 saturated carbocycles. The van der Waals surface area contributed by atoms with E-state index in [0.717, 1.165) is 12.8 Å². The van der Waals surface area contributed by atoms with Crippen molar-refractivity contribution in [2.45, 2.75) is 19.8 Å². The molecule has 9 heavy (non-hydrogen) atoms. The first-order chi connectivity index (χ1) is 4.19. The predicted molar refractivity (Wildman–Crippen MR) is 34.2 cm³/mol. The van der Waals surface area contributed by atoms with Crippen LogP contribution in [0.3, 0.4) is 0 Å². The number of ether oxygens (including phenoxy) is 1. The molecule has 0 heterocycles. The van der Waals surface area contributed by atoms with E-state index in [0.29, 0.717) is 0 Å². The maximum atomic E-state index is 10.8. The lowest BCUT2D eigenvalue weighted by atomic mass is 10.1. The molecule has 0 atom stereocenters. The topological polar surface area (TPSA) is 26.3 Å². The van der Waals surface area contributed by atoms with E-state index in [4.69, 9.17) is 11.6 Å². The molecule has 0 amide bonds. The first-order valence-corrected chi connectivity index (χ1v) is 3.46. The second kappa shape index (κ2) is 2.18. The van der Waals surface area contributed by atoms with Crippen molar-refractivity contribution in [2.24, 2.45) is 5.41 Å². The van der Waals surface area contributed by atoms with Crippen LogP contribution in [0.2, 0.25) is 0 Å². The van der Waals surface area contributed by atoms with Gasteiger partial charge in [0.15, 0.2) is 6.07 Å². The Bertz CT molecular complexity index is 129. The number of hydrogen-bond donors (Lipinski definition) is 0. The summed E-state index contributed by atoms with van der Waals surface area (Å²) in [4.78, 5) is 10.8. The minimum atomic E-state index is -0.186. The smallest absolute Gasteiger partial charge is 0.312 e. The summed E-state index contributed by atoms with van der Waals surface area (Å²) in [6.45, 7) is 1.89. The number of halogens is 1. The average molecular weight is 149 g/mol. The van der Waals surface area contributed by atoms with Gasteiger partial charge in [0.2, 0.25) is 0 Å². The molecule has 0 radical (unpaired) electrons. The summed E-state index contributed by atoms with van der Waals surface area (Å²) in [5, 5.41) is 0. The Labute approximate surface area is 59.1 Å². The van der Waals surface area contributed by atoms with Gasteiger partial charge in [0.05, 0.1) is 5.41 Å². The number of carbonyl (C=O) groups is 1. The van der Waals surface area contributed by atoms with Crippen LogP contribution in [-0.4, -0.2) is 12.0 Å². The minimum absolute atomic E-state index is 0.0194. The van der Waals surface area contributed by atoms with Crippen LogP contribution in [-0.2, 0) is 9.53 Å². The van der Waals surface area contributed by atoms with E-state index < -0.39 is 0 Å². The largest absolute Gasteiger partial charge is 0.449 e. The zero-order valence-corrected chi connectivity index (χ0v) is 6.07. The third-order valence-electron chi connectivity index (χ3n) is 1.68. The van der Waals surface area contributed by atoms with Crippen LogP contribution >= 0.6 is 11.6 Å². The Morgan fingerprint density at radius 3 is 2.67 bits per heavy atom. The molecule has 0 bridgehead atoms. The van der Waals surface area contributed by atoms with Crippen LogP contribution in [0.5, 0.6) is 0 Å². The quantitative estimate of drug-likeness (QED) is 0.439. The van der Waals surface area contributed by atoms with E-state index in [1.54, 1.807) is 0 Å². The highest BCUT2D eigenvalue weighted by Crippen LogP contribution is 2.45. The van der Waals surface area contributed by atoms with Gasteiger partial charge < -0.3 is 4.74 Å². The average Bonchev–Trinajstić information content (AvgIpc) is 2.50. The Hall–Kier alpha value is -0.240. The summed E-state index contributed by atoms with van der Waals surface area (Å²) >= 11 is 5.19. The highest BCUT2D eigenvalue weighted by molar-refractivity contribution is 6.17. The molecule has 3 heteroatoms. The molecule has 1 aliphatic carbocycles. The second-order valence-corrected chi connectivity index (χ2v) is 2.82. The molecule has 2 nitrogen and oxygen atoms in total. The summed E-state index contributed by atoms with van der Waals surface area (Å²) in [6.07, 6.45) is 1.89. The molecule has 0 unspecified atom stereocenters. The van der Waals surface area contributed by atoms with Gasteiger partial charge in [-0.25, -0.2) is 0 Å². The molecule has 0 saturated heterocycles. The number of carbonyl (C=O) groups excluding carboxylic acids is 1. The lowest BCUT2D eigenvalue weighted by Gasteiger charge is -2.04. The fourth-order valence-electron chi connectivity index (χ4n) is 0.615. The first-order valence-electron chi connectivity index (χ1n) is 2.92. The van der Waals surface area contributed by atoms with Gasteiger partial charge in [0.1, 0.15) is 0 Å². The van der Waals surface area contributed by atoms with Crippen LogP contribution in [0.1, 0.15) is 19.8 Å². The van der Waals surface area contributed by atoms with Crippen molar-refractivity contribution >= 4 is 17.6 Å². The number of esters is 1. The molecule has 0 N–H and O–H groups in total. The fraction of sp³-hybridized carbons (Fsp3) is 0.833. The van der Waals surface area contributed by atoms with E-state index in [-0.39, 0.29) is 17.5 Å². The van der Waals surface area contributed by atoms with Gasteiger partial charge in [0.25, 0.3) is 0 Å². The molecule has 0 aromatic rings. The van der Waals surface area contributed by atoms with Crippen LogP contribution in [0.15, 0.2) is 0 Å². The number of alkyl halides is 1. The molecule has 52 valence electrons. The summed E-state index contributed by atoms with van der Waals surface area (Å²) in [5.41, 5.74) is -0.186. The van der Waals surface area contributed by atoms with E-state index in [1.807, 2.05) is 6.92 Å². The van der Waals surface area contributed by atoms with Crippen LogP contribution in [0, 0.1) is 5.41 Å². The predicted octanol–water partition coefficient (Wildman–Crippen LogP) is 1.53. The van der Waals surface area contributed by atoms with Crippen molar-refractivity contribution in [1.82, 2.24) is 0 Å². The van der Waals surface area contributed by atoms with E-state index in [1.165, 1.54) is 0 Å². The molecule has 0 aromatic carbocycles. The van der Waals surface area contributed by atoms with Crippen molar-refractivity contribution in [3.63, 3.8) is 0 Å².